The van der Waals surface area contributed by atoms with Gasteiger partial charge in [0, 0.05) is 27.2 Å². The molecule has 5 heteroatoms. The molecule has 5 nitrogen and oxygen atoms in total. The topological polar surface area (TPSA) is 46.6 Å². The zero-order valence-corrected chi connectivity index (χ0v) is 20.7. The summed E-state index contributed by atoms with van der Waals surface area (Å²) < 4.78 is 4.68. The van der Waals surface area contributed by atoms with Gasteiger partial charge in [-0.1, -0.05) is 61.5 Å². The zero-order chi connectivity index (χ0) is 24.4. The molecule has 1 unspecified atom stereocenters. The molecule has 1 N–H and O–H groups in total. The van der Waals surface area contributed by atoms with Crippen LogP contribution in [-0.2, 0) is 6.42 Å². The Kier molecular flexibility index (Phi) is 4.55. The molecular weight excluding hydrogens is 442 g/mol. The summed E-state index contributed by atoms with van der Waals surface area (Å²) in [5.74, 6) is 1.70. The molecule has 1 atom stereocenters. The Bertz CT molecular complexity index is 1860. The van der Waals surface area contributed by atoms with E-state index in [1.54, 1.807) is 0 Å². The van der Waals surface area contributed by atoms with Crippen molar-refractivity contribution >= 4 is 55.4 Å². The van der Waals surface area contributed by atoms with Crippen LogP contribution in [-0.4, -0.2) is 27.1 Å². The highest BCUT2D eigenvalue weighted by molar-refractivity contribution is 6.28. The Morgan fingerprint density at radius 1 is 0.722 bits per heavy atom. The van der Waals surface area contributed by atoms with E-state index in [1.165, 1.54) is 49.3 Å². The lowest BCUT2D eigenvalue weighted by Crippen LogP contribution is -2.38. The fourth-order valence-corrected chi connectivity index (χ4v) is 5.71. The molecule has 0 saturated carbocycles. The van der Waals surface area contributed by atoms with Gasteiger partial charge in [0.05, 0.1) is 22.1 Å². The predicted molar refractivity (Wildman–Crippen MR) is 152 cm³/mol. The minimum atomic E-state index is -0.130. The summed E-state index contributed by atoms with van der Waals surface area (Å²) in [5, 5.41) is 8.36. The fraction of sp³-hybridized carbons (Fsp3) is 0.161. The minimum Gasteiger partial charge on any atom is -0.314 e. The van der Waals surface area contributed by atoms with Gasteiger partial charge in [-0.2, -0.15) is 0 Å². The van der Waals surface area contributed by atoms with Crippen LogP contribution in [0.4, 0.5) is 0 Å². The van der Waals surface area contributed by atoms with E-state index in [0.29, 0.717) is 0 Å². The van der Waals surface area contributed by atoms with Crippen LogP contribution in [0.15, 0.2) is 94.9 Å². The van der Waals surface area contributed by atoms with Gasteiger partial charge >= 0.3 is 0 Å². The third-order valence-corrected chi connectivity index (χ3v) is 7.27. The SMILES string of the molecule is CCc1ccc(-n2c3ccccc3c3c4c(ccc32)c2ccccc2n4C2=NC(C)N=C(C)N2)cc1. The maximum absolute atomic E-state index is 4.92. The van der Waals surface area contributed by atoms with Gasteiger partial charge in [0.25, 0.3) is 0 Å². The van der Waals surface area contributed by atoms with Crippen LogP contribution in [0, 0.1) is 0 Å². The lowest BCUT2D eigenvalue weighted by molar-refractivity contribution is 0.758. The number of nitrogens with one attached hydrogen (secondary N) is 1. The van der Waals surface area contributed by atoms with Crippen LogP contribution in [0.1, 0.15) is 26.3 Å². The maximum Gasteiger partial charge on any atom is 0.210 e. The molecule has 0 saturated heterocycles. The van der Waals surface area contributed by atoms with Gasteiger partial charge in [-0.25, -0.2) is 9.98 Å². The van der Waals surface area contributed by atoms with Crippen molar-refractivity contribution in [3.63, 3.8) is 0 Å². The normalized spacial score (nSPS) is 16.0. The van der Waals surface area contributed by atoms with Gasteiger partial charge in [-0.05, 0) is 56.2 Å². The van der Waals surface area contributed by atoms with Crippen molar-refractivity contribution in [2.45, 2.75) is 33.4 Å². The molecule has 6 aromatic rings. The molecule has 0 radical (unpaired) electrons. The number of fused-ring (bicyclic) bond motifs is 7. The average molecular weight is 470 g/mol. The molecule has 0 aliphatic carbocycles. The van der Waals surface area contributed by atoms with Crippen molar-refractivity contribution in [3.05, 3.63) is 90.5 Å². The third kappa shape index (κ3) is 2.95. The van der Waals surface area contributed by atoms with E-state index in [4.69, 9.17) is 4.99 Å². The summed E-state index contributed by atoms with van der Waals surface area (Å²) >= 11 is 0. The van der Waals surface area contributed by atoms with E-state index in [0.717, 1.165) is 23.7 Å². The van der Waals surface area contributed by atoms with Crippen LogP contribution in [0.5, 0.6) is 0 Å². The number of nitrogens with zero attached hydrogens (tertiary/aromatic N) is 4. The first-order valence-electron chi connectivity index (χ1n) is 12.6. The molecule has 0 spiro atoms. The predicted octanol–water partition coefficient (Wildman–Crippen LogP) is 7.03. The summed E-state index contributed by atoms with van der Waals surface area (Å²) in [4.78, 5) is 9.49. The molecule has 36 heavy (non-hydrogen) atoms. The first-order chi connectivity index (χ1) is 17.6. The summed E-state index contributed by atoms with van der Waals surface area (Å²) in [5.41, 5.74) is 7.21. The zero-order valence-electron chi connectivity index (χ0n) is 20.7. The Labute approximate surface area is 209 Å². The Morgan fingerprint density at radius 2 is 1.42 bits per heavy atom. The number of hydrogen-bond acceptors (Lipinski definition) is 3. The van der Waals surface area contributed by atoms with E-state index in [2.05, 4.69) is 111 Å². The highest BCUT2D eigenvalue weighted by atomic mass is 15.3. The summed E-state index contributed by atoms with van der Waals surface area (Å²) in [6.07, 6.45) is 0.903. The van der Waals surface area contributed by atoms with Gasteiger partial charge in [0.2, 0.25) is 5.96 Å². The summed E-state index contributed by atoms with van der Waals surface area (Å²) in [6, 6.07) is 30.8. The van der Waals surface area contributed by atoms with E-state index in [1.807, 2.05) is 13.8 Å². The largest absolute Gasteiger partial charge is 0.314 e. The molecule has 176 valence electrons. The number of aliphatic imine (C=N–C) groups is 2. The molecule has 1 aliphatic heterocycles. The van der Waals surface area contributed by atoms with Crippen molar-refractivity contribution in [2.24, 2.45) is 9.98 Å². The molecular formula is C31H27N5. The van der Waals surface area contributed by atoms with Crippen molar-refractivity contribution < 1.29 is 0 Å². The number of para-hydroxylation sites is 2. The van der Waals surface area contributed by atoms with Gasteiger partial charge in [-0.15, -0.1) is 0 Å². The second kappa shape index (κ2) is 7.82. The number of amidine groups is 1. The van der Waals surface area contributed by atoms with E-state index < -0.39 is 0 Å². The first-order valence-corrected chi connectivity index (χ1v) is 12.6. The number of hydrogen-bond donors (Lipinski definition) is 1. The molecule has 2 aromatic heterocycles. The van der Waals surface area contributed by atoms with Gasteiger partial charge in [-0.3, -0.25) is 4.57 Å². The summed E-state index contributed by atoms with van der Waals surface area (Å²) in [6.45, 7) is 6.22. The maximum atomic E-state index is 4.92. The molecule has 0 bridgehead atoms. The van der Waals surface area contributed by atoms with Gasteiger partial charge in [0.15, 0.2) is 0 Å². The van der Waals surface area contributed by atoms with Crippen LogP contribution in [0.25, 0.3) is 49.3 Å². The van der Waals surface area contributed by atoms with E-state index in [-0.39, 0.29) is 6.17 Å². The van der Waals surface area contributed by atoms with Gasteiger partial charge in [0.1, 0.15) is 12.0 Å². The number of benzene rings is 4. The van der Waals surface area contributed by atoms with Crippen LogP contribution < -0.4 is 5.32 Å². The van der Waals surface area contributed by atoms with Crippen molar-refractivity contribution in [1.82, 2.24) is 14.5 Å². The van der Waals surface area contributed by atoms with E-state index >= 15 is 0 Å². The smallest absolute Gasteiger partial charge is 0.210 e. The number of rotatable bonds is 2. The van der Waals surface area contributed by atoms with Crippen molar-refractivity contribution in [3.8, 4) is 5.69 Å². The van der Waals surface area contributed by atoms with E-state index in [9.17, 15) is 0 Å². The van der Waals surface area contributed by atoms with Crippen molar-refractivity contribution in [2.75, 3.05) is 0 Å². The monoisotopic (exact) mass is 469 g/mol. The van der Waals surface area contributed by atoms with Gasteiger partial charge < -0.3 is 9.88 Å². The molecule has 1 aliphatic rings. The Hall–Kier alpha value is -4.38. The third-order valence-electron chi connectivity index (χ3n) is 7.27. The minimum absolute atomic E-state index is 0.130. The molecule has 7 rings (SSSR count). The molecule has 0 amide bonds. The lowest BCUT2D eigenvalue weighted by atomic mass is 10.1. The fourth-order valence-electron chi connectivity index (χ4n) is 5.71. The highest BCUT2D eigenvalue weighted by Crippen LogP contribution is 2.40. The van der Waals surface area contributed by atoms with Crippen molar-refractivity contribution in [1.29, 1.82) is 0 Å². The second-order valence-corrected chi connectivity index (χ2v) is 9.51. The first kappa shape index (κ1) is 20.9. The quantitative estimate of drug-likeness (QED) is 0.291. The molecule has 4 aromatic carbocycles. The summed E-state index contributed by atoms with van der Waals surface area (Å²) in [7, 11) is 0. The molecule has 3 heterocycles. The Balaban J connectivity index is 1.66. The Morgan fingerprint density at radius 3 is 2.14 bits per heavy atom. The van der Waals surface area contributed by atoms with Crippen LogP contribution >= 0.6 is 0 Å². The molecule has 0 fully saturated rings. The number of aryl methyl sites for hydroxylation is 1. The average Bonchev–Trinajstić information content (AvgIpc) is 3.41. The van der Waals surface area contributed by atoms with Crippen LogP contribution in [0.3, 0.4) is 0 Å². The van der Waals surface area contributed by atoms with Crippen LogP contribution in [0.2, 0.25) is 0 Å². The highest BCUT2D eigenvalue weighted by Gasteiger charge is 2.23. The number of aromatic nitrogens is 2. The lowest BCUT2D eigenvalue weighted by Gasteiger charge is -2.19. The standard InChI is InChI=1S/C31H27N5/c1-4-21-13-15-22(16-14-21)35-27-12-8-6-10-25(27)29-28(35)18-17-24-23-9-5-7-11-26(23)36(30(24)29)31-33-19(2)32-20(3)34-31/h5-19H,4H2,1-3H3,(H,32,33,34). The second-order valence-electron chi connectivity index (χ2n) is 9.51.